The van der Waals surface area contributed by atoms with E-state index in [-0.39, 0.29) is 42.9 Å². The molecule has 0 aliphatic carbocycles. The van der Waals surface area contributed by atoms with Gasteiger partial charge in [0.2, 0.25) is 0 Å². The van der Waals surface area contributed by atoms with E-state index in [4.69, 9.17) is 13.0 Å². The normalized spacial score (nSPS) is 13.7. The van der Waals surface area contributed by atoms with E-state index < -0.39 is 15.6 Å². The fourth-order valence-electron chi connectivity index (χ4n) is 4.09. The summed E-state index contributed by atoms with van der Waals surface area (Å²) < 4.78 is 62.1. The summed E-state index contributed by atoms with van der Waals surface area (Å²) in [7, 11) is -6.09. The Morgan fingerprint density at radius 1 is 0.595 bits per heavy atom. The molecule has 0 aliphatic heterocycles. The second-order valence-corrected chi connectivity index (χ2v) is 17.6. The maximum absolute atomic E-state index is 10.7. The third-order valence-corrected chi connectivity index (χ3v) is 9.16. The SMILES string of the molecule is CC(C)(C)c1cccc([I+]c2cccc(C(C)(C)C)c2C(C)(C)C)c1C(C)(C)C.O=S(=O)([O-])C(F)(F)F. The van der Waals surface area contributed by atoms with Gasteiger partial charge in [-0.05, 0) is 44.9 Å². The molecular formula is C29H42F3IO3S. The molecule has 2 aromatic carbocycles. The Labute approximate surface area is 232 Å². The van der Waals surface area contributed by atoms with E-state index in [1.54, 1.807) is 18.3 Å². The molecule has 8 heteroatoms. The zero-order valence-corrected chi connectivity index (χ0v) is 27.1. The predicted octanol–water partition coefficient (Wildman–Crippen LogP) is 5.06. The summed E-state index contributed by atoms with van der Waals surface area (Å²) in [6.45, 7) is 28.3. The number of alkyl halides is 3. The summed E-state index contributed by atoms with van der Waals surface area (Å²) >= 11 is -0.277. The fraction of sp³-hybridized carbons (Fsp3) is 0.586. The van der Waals surface area contributed by atoms with Crippen LogP contribution in [0.5, 0.6) is 0 Å². The first-order chi connectivity index (χ1) is 16.2. The van der Waals surface area contributed by atoms with Gasteiger partial charge in [0.25, 0.3) is 0 Å². The molecule has 3 nitrogen and oxygen atoms in total. The lowest BCUT2D eigenvalue weighted by molar-refractivity contribution is -0.599. The van der Waals surface area contributed by atoms with Crippen LogP contribution in [0.3, 0.4) is 0 Å². The van der Waals surface area contributed by atoms with E-state index in [1.807, 2.05) is 0 Å². The van der Waals surface area contributed by atoms with Crippen LogP contribution in [0.25, 0.3) is 0 Å². The molecule has 0 aliphatic rings. The van der Waals surface area contributed by atoms with E-state index >= 15 is 0 Å². The minimum absolute atomic E-state index is 0.141. The first-order valence-electron chi connectivity index (χ1n) is 12.1. The summed E-state index contributed by atoms with van der Waals surface area (Å²) in [5.74, 6) is 0. The third-order valence-electron chi connectivity index (χ3n) is 5.63. The molecule has 0 atom stereocenters. The van der Waals surface area contributed by atoms with Crippen LogP contribution in [0.15, 0.2) is 36.4 Å². The molecule has 0 saturated carbocycles. The Balaban J connectivity index is 0.000000738. The summed E-state index contributed by atoms with van der Waals surface area (Å²) in [4.78, 5) is 0. The standard InChI is InChI=1S/C28H42I.CHF3O3S/c1-25(2,3)19-15-13-17-21(23(19)27(7,8)9)29-22-18-14-16-20(26(4,5)6)24(22)28(10,11)12;2-1(3,4)8(5,6)7/h13-18H,1-12H3;(H,5,6,7)/q+1;/p-1. The molecule has 0 saturated heterocycles. The third kappa shape index (κ3) is 9.24. The van der Waals surface area contributed by atoms with Crippen LogP contribution >= 0.6 is 0 Å². The Bertz CT molecular complexity index is 1120. The second kappa shape index (κ2) is 11.2. The topological polar surface area (TPSA) is 57.2 Å². The lowest BCUT2D eigenvalue weighted by atomic mass is 9.75. The van der Waals surface area contributed by atoms with Crippen LogP contribution in [-0.2, 0) is 31.8 Å². The second-order valence-electron chi connectivity index (χ2n) is 13.3. The van der Waals surface area contributed by atoms with Crippen LogP contribution in [0.1, 0.15) is 105 Å². The molecule has 0 aromatic heterocycles. The van der Waals surface area contributed by atoms with Crippen molar-refractivity contribution in [1.29, 1.82) is 0 Å². The molecule has 210 valence electrons. The summed E-state index contributed by atoms with van der Waals surface area (Å²) in [6.07, 6.45) is 0. The molecule has 0 amide bonds. The van der Waals surface area contributed by atoms with Gasteiger partial charge >= 0.3 is 26.7 Å². The van der Waals surface area contributed by atoms with Crippen LogP contribution in [0, 0.1) is 7.14 Å². The number of hydrogen-bond acceptors (Lipinski definition) is 3. The van der Waals surface area contributed by atoms with Crippen molar-refractivity contribution in [3.05, 3.63) is 65.8 Å². The first-order valence-corrected chi connectivity index (χ1v) is 15.7. The van der Waals surface area contributed by atoms with Crippen LogP contribution in [0.4, 0.5) is 13.2 Å². The van der Waals surface area contributed by atoms with Crippen molar-refractivity contribution in [2.45, 2.75) is 110 Å². The van der Waals surface area contributed by atoms with Crippen molar-refractivity contribution < 1.29 is 47.3 Å². The number of halogens is 4. The van der Waals surface area contributed by atoms with Gasteiger partial charge in [0.15, 0.2) is 17.3 Å². The van der Waals surface area contributed by atoms with Gasteiger partial charge in [0, 0.05) is 11.1 Å². The van der Waals surface area contributed by atoms with E-state index in [0.29, 0.717) is 0 Å². The Morgan fingerprint density at radius 2 is 0.865 bits per heavy atom. The van der Waals surface area contributed by atoms with Crippen molar-refractivity contribution in [2.24, 2.45) is 0 Å². The summed E-state index contributed by atoms with van der Waals surface area (Å²) in [5, 5.41) is 0. The quantitative estimate of drug-likeness (QED) is 0.259. The van der Waals surface area contributed by atoms with Crippen molar-refractivity contribution in [2.75, 3.05) is 0 Å². The molecule has 0 heterocycles. The van der Waals surface area contributed by atoms with Gasteiger partial charge in [-0.1, -0.05) is 107 Å². The molecule has 2 aromatic rings. The van der Waals surface area contributed by atoms with Crippen molar-refractivity contribution in [3.8, 4) is 0 Å². The maximum atomic E-state index is 10.7. The highest BCUT2D eigenvalue weighted by Crippen LogP contribution is 2.35. The zero-order chi connectivity index (χ0) is 29.4. The number of hydrogen-bond donors (Lipinski definition) is 0. The molecule has 0 spiro atoms. The largest absolute Gasteiger partial charge is 0.741 e. The lowest BCUT2D eigenvalue weighted by Gasteiger charge is -2.31. The van der Waals surface area contributed by atoms with Crippen LogP contribution in [0.2, 0.25) is 0 Å². The highest BCUT2D eigenvalue weighted by molar-refractivity contribution is 7.86. The van der Waals surface area contributed by atoms with E-state index in [1.165, 1.54) is 11.1 Å². The minimum Gasteiger partial charge on any atom is -0.741 e. The molecule has 0 unspecified atom stereocenters. The monoisotopic (exact) mass is 654 g/mol. The molecular weight excluding hydrogens is 612 g/mol. The molecule has 2 rings (SSSR count). The average molecular weight is 655 g/mol. The van der Waals surface area contributed by atoms with Gasteiger partial charge in [0.05, 0.1) is 0 Å². The van der Waals surface area contributed by atoms with E-state index in [0.717, 1.165) is 0 Å². The Kier molecular flexibility index (Phi) is 10.2. The highest BCUT2D eigenvalue weighted by atomic mass is 127. The van der Waals surface area contributed by atoms with Crippen molar-refractivity contribution in [1.82, 2.24) is 0 Å². The van der Waals surface area contributed by atoms with Gasteiger partial charge in [-0.2, -0.15) is 13.2 Å². The number of benzene rings is 2. The van der Waals surface area contributed by atoms with Gasteiger partial charge in [-0.15, -0.1) is 0 Å². The molecule has 0 bridgehead atoms. The van der Waals surface area contributed by atoms with E-state index in [2.05, 4.69) is 119 Å². The summed E-state index contributed by atoms with van der Waals surface area (Å²) in [6, 6.07) is 14.1. The van der Waals surface area contributed by atoms with Gasteiger partial charge in [0.1, 0.15) is 0 Å². The van der Waals surface area contributed by atoms with Crippen LogP contribution in [-0.4, -0.2) is 18.5 Å². The summed E-state index contributed by atoms with van der Waals surface area (Å²) in [5.41, 5.74) is 1.10. The minimum atomic E-state index is -6.09. The fourth-order valence-corrected chi connectivity index (χ4v) is 8.23. The van der Waals surface area contributed by atoms with Crippen LogP contribution < -0.4 is 21.2 Å². The Hall–Kier alpha value is -1.13. The molecule has 0 fully saturated rings. The first kappa shape index (κ1) is 33.9. The zero-order valence-electron chi connectivity index (χ0n) is 24.1. The van der Waals surface area contributed by atoms with Crippen molar-refractivity contribution >= 4 is 10.1 Å². The number of rotatable bonds is 2. The van der Waals surface area contributed by atoms with E-state index in [9.17, 15) is 13.2 Å². The lowest BCUT2D eigenvalue weighted by Crippen LogP contribution is -3.62. The highest BCUT2D eigenvalue weighted by Gasteiger charge is 2.38. The van der Waals surface area contributed by atoms with Gasteiger partial charge in [-0.25, -0.2) is 8.42 Å². The van der Waals surface area contributed by atoms with Gasteiger partial charge in [-0.3, -0.25) is 0 Å². The predicted molar refractivity (Wildman–Crippen MR) is 141 cm³/mol. The smallest absolute Gasteiger partial charge is 0.485 e. The van der Waals surface area contributed by atoms with Gasteiger partial charge < -0.3 is 4.55 Å². The average Bonchev–Trinajstić information content (AvgIpc) is 2.63. The Morgan fingerprint density at radius 3 is 1.05 bits per heavy atom. The molecule has 37 heavy (non-hydrogen) atoms. The maximum Gasteiger partial charge on any atom is 0.485 e. The molecule has 0 N–H and O–H groups in total. The van der Waals surface area contributed by atoms with Crippen molar-refractivity contribution in [3.63, 3.8) is 0 Å². The molecule has 0 radical (unpaired) electrons.